The third-order valence-corrected chi connectivity index (χ3v) is 4.12. The van der Waals surface area contributed by atoms with Gasteiger partial charge < -0.3 is 10.1 Å². The molecule has 0 fully saturated rings. The lowest BCUT2D eigenvalue weighted by Crippen LogP contribution is -1.99. The van der Waals surface area contributed by atoms with Crippen molar-refractivity contribution in [2.24, 2.45) is 5.73 Å². The molecule has 0 unspecified atom stereocenters. The van der Waals surface area contributed by atoms with Gasteiger partial charge in [0.1, 0.15) is 5.65 Å². The van der Waals surface area contributed by atoms with Crippen LogP contribution in [0.5, 0.6) is 0 Å². The smallest absolute Gasteiger partial charge is 0.142 e. The molecule has 3 rings (SSSR count). The molecule has 102 valence electrons. The summed E-state index contributed by atoms with van der Waals surface area (Å²) in [4.78, 5) is 4.71. The Bertz CT molecular complexity index is 793. The fourth-order valence-corrected chi connectivity index (χ4v) is 2.62. The Balaban J connectivity index is 2.26. The molecule has 0 aliphatic carbocycles. The number of imidazole rings is 1. The maximum Gasteiger partial charge on any atom is 0.142 e. The highest BCUT2D eigenvalue weighted by Crippen LogP contribution is 2.30. The summed E-state index contributed by atoms with van der Waals surface area (Å²) in [5.41, 5.74) is 10.6. The maximum absolute atomic E-state index is 6.09. The highest BCUT2D eigenvalue weighted by atomic mass is 35.5. The number of fused-ring (bicyclic) bond motifs is 1. The molecule has 0 saturated carbocycles. The Morgan fingerprint density at radius 2 is 2.00 bits per heavy atom. The van der Waals surface area contributed by atoms with Crippen LogP contribution in [0.4, 0.5) is 0 Å². The molecule has 20 heavy (non-hydrogen) atoms. The summed E-state index contributed by atoms with van der Waals surface area (Å²) in [6.45, 7) is 2.49. The summed E-state index contributed by atoms with van der Waals surface area (Å²) in [6.07, 6.45) is 1.98. The molecule has 2 heterocycles. The van der Waals surface area contributed by atoms with Crippen LogP contribution in [0.2, 0.25) is 10.0 Å². The molecular formula is C15H13Cl2N3. The molecular weight excluding hydrogens is 293 g/mol. The topological polar surface area (TPSA) is 43.3 Å². The molecule has 0 radical (unpaired) electrons. The average Bonchev–Trinajstić information content (AvgIpc) is 2.79. The van der Waals surface area contributed by atoms with Gasteiger partial charge in [0.05, 0.1) is 15.7 Å². The Labute approximate surface area is 127 Å². The fraction of sp³-hybridized carbons (Fsp3) is 0.133. The molecule has 0 aliphatic heterocycles. The number of pyridine rings is 1. The number of nitrogens with zero attached hydrogens (tertiary/aromatic N) is 2. The first-order chi connectivity index (χ1) is 9.61. The van der Waals surface area contributed by atoms with E-state index in [4.69, 9.17) is 33.9 Å². The van der Waals surface area contributed by atoms with Crippen molar-refractivity contribution in [2.45, 2.75) is 13.5 Å². The van der Waals surface area contributed by atoms with Crippen LogP contribution in [0.15, 0.2) is 36.5 Å². The number of halogens is 2. The van der Waals surface area contributed by atoms with E-state index in [-0.39, 0.29) is 0 Å². The predicted octanol–water partition coefficient (Wildman–Crippen LogP) is 4.08. The Hall–Kier alpha value is -1.55. The molecule has 3 aromatic rings. The van der Waals surface area contributed by atoms with E-state index in [0.717, 1.165) is 28.2 Å². The lowest BCUT2D eigenvalue weighted by atomic mass is 10.1. The van der Waals surface area contributed by atoms with Gasteiger partial charge in [0.15, 0.2) is 0 Å². The summed E-state index contributed by atoms with van der Waals surface area (Å²) in [7, 11) is 0. The summed E-state index contributed by atoms with van der Waals surface area (Å²) in [5.74, 6) is 0. The second-order valence-corrected chi connectivity index (χ2v) is 5.42. The second-order valence-electron chi connectivity index (χ2n) is 4.61. The van der Waals surface area contributed by atoms with E-state index in [1.165, 1.54) is 0 Å². The van der Waals surface area contributed by atoms with E-state index in [1.54, 1.807) is 6.07 Å². The summed E-state index contributed by atoms with van der Waals surface area (Å²) in [5, 5.41) is 1.07. The summed E-state index contributed by atoms with van der Waals surface area (Å²) < 4.78 is 2.04. The molecule has 2 N–H and O–H groups in total. The average molecular weight is 306 g/mol. The van der Waals surface area contributed by atoms with Crippen LogP contribution in [0, 0.1) is 6.92 Å². The largest absolute Gasteiger partial charge is 0.326 e. The van der Waals surface area contributed by atoms with Gasteiger partial charge in [-0.25, -0.2) is 4.98 Å². The zero-order valence-electron chi connectivity index (χ0n) is 10.9. The van der Waals surface area contributed by atoms with E-state index in [1.807, 2.05) is 41.8 Å². The van der Waals surface area contributed by atoms with Crippen molar-refractivity contribution < 1.29 is 0 Å². The number of nitrogens with two attached hydrogens (primary N) is 1. The van der Waals surface area contributed by atoms with Crippen LogP contribution in [0.1, 0.15) is 11.3 Å². The zero-order valence-corrected chi connectivity index (χ0v) is 12.4. The lowest BCUT2D eigenvalue weighted by Gasteiger charge is -2.02. The minimum atomic E-state index is 0.460. The van der Waals surface area contributed by atoms with Gasteiger partial charge in [-0.1, -0.05) is 35.3 Å². The van der Waals surface area contributed by atoms with Gasteiger partial charge in [0, 0.05) is 29.6 Å². The first-order valence-corrected chi connectivity index (χ1v) is 6.99. The van der Waals surface area contributed by atoms with Crippen LogP contribution in [0.25, 0.3) is 16.9 Å². The van der Waals surface area contributed by atoms with Crippen molar-refractivity contribution in [3.63, 3.8) is 0 Å². The first-order valence-electron chi connectivity index (χ1n) is 6.24. The number of aryl methyl sites for hydroxylation is 1. The molecule has 1 aromatic carbocycles. The minimum absolute atomic E-state index is 0.460. The quantitative estimate of drug-likeness (QED) is 0.775. The van der Waals surface area contributed by atoms with Gasteiger partial charge in [0.25, 0.3) is 0 Å². The fourth-order valence-electron chi connectivity index (χ4n) is 2.32. The second kappa shape index (κ2) is 5.09. The number of aromatic nitrogens is 2. The lowest BCUT2D eigenvalue weighted by molar-refractivity contribution is 1.03. The minimum Gasteiger partial charge on any atom is -0.326 e. The number of rotatable bonds is 2. The summed E-state index contributed by atoms with van der Waals surface area (Å²) in [6, 6.07) is 9.50. The first kappa shape index (κ1) is 13.4. The van der Waals surface area contributed by atoms with Crippen LogP contribution in [0.3, 0.4) is 0 Å². The van der Waals surface area contributed by atoms with E-state index in [0.29, 0.717) is 16.6 Å². The highest BCUT2D eigenvalue weighted by Gasteiger charge is 2.13. The van der Waals surface area contributed by atoms with Crippen molar-refractivity contribution in [1.29, 1.82) is 0 Å². The van der Waals surface area contributed by atoms with Crippen molar-refractivity contribution in [3.05, 3.63) is 57.8 Å². The van der Waals surface area contributed by atoms with Crippen molar-refractivity contribution >= 4 is 28.8 Å². The predicted molar refractivity (Wildman–Crippen MR) is 83.3 cm³/mol. The Morgan fingerprint density at radius 3 is 2.70 bits per heavy atom. The third-order valence-electron chi connectivity index (χ3n) is 3.38. The molecule has 5 heteroatoms. The van der Waals surface area contributed by atoms with Gasteiger partial charge in [-0.2, -0.15) is 0 Å². The molecule has 0 aliphatic rings. The monoisotopic (exact) mass is 305 g/mol. The number of hydrogen-bond donors (Lipinski definition) is 1. The Kier molecular flexibility index (Phi) is 3.42. The van der Waals surface area contributed by atoms with Crippen LogP contribution < -0.4 is 5.73 Å². The maximum atomic E-state index is 6.09. The van der Waals surface area contributed by atoms with Crippen LogP contribution >= 0.6 is 23.2 Å². The van der Waals surface area contributed by atoms with E-state index < -0.39 is 0 Å². The molecule has 0 atom stereocenters. The van der Waals surface area contributed by atoms with E-state index in [9.17, 15) is 0 Å². The van der Waals surface area contributed by atoms with Gasteiger partial charge >= 0.3 is 0 Å². The van der Waals surface area contributed by atoms with Crippen molar-refractivity contribution in [2.75, 3.05) is 0 Å². The molecule has 3 nitrogen and oxygen atoms in total. The molecule has 0 bridgehead atoms. The normalized spacial score (nSPS) is 11.2. The van der Waals surface area contributed by atoms with Crippen molar-refractivity contribution in [1.82, 2.24) is 9.38 Å². The van der Waals surface area contributed by atoms with Gasteiger partial charge in [0.2, 0.25) is 0 Å². The molecule has 0 saturated heterocycles. The van der Waals surface area contributed by atoms with Gasteiger partial charge in [-0.15, -0.1) is 0 Å². The number of hydrogen-bond acceptors (Lipinski definition) is 2. The highest BCUT2D eigenvalue weighted by molar-refractivity contribution is 6.42. The van der Waals surface area contributed by atoms with Crippen molar-refractivity contribution in [3.8, 4) is 11.3 Å². The number of benzene rings is 1. The summed E-state index contributed by atoms with van der Waals surface area (Å²) >= 11 is 12.0. The molecule has 2 aromatic heterocycles. The van der Waals surface area contributed by atoms with Gasteiger partial charge in [-0.05, 0) is 25.1 Å². The molecule has 0 spiro atoms. The van der Waals surface area contributed by atoms with Gasteiger partial charge in [-0.3, -0.25) is 0 Å². The van der Waals surface area contributed by atoms with Crippen LogP contribution in [-0.4, -0.2) is 9.38 Å². The third kappa shape index (κ3) is 2.08. The SMILES string of the molecule is Cc1c(-c2ccc(Cl)c(Cl)c2)nc2c(CN)cccn12. The van der Waals surface area contributed by atoms with E-state index >= 15 is 0 Å². The standard InChI is InChI=1S/C15H13Cl2N3/c1-9-14(10-4-5-12(16)13(17)7-10)19-15-11(8-18)3-2-6-20(9)15/h2-7H,8,18H2,1H3. The zero-order chi connectivity index (χ0) is 14.3. The van der Waals surface area contributed by atoms with Crippen LogP contribution in [-0.2, 0) is 6.54 Å². The molecule has 0 amide bonds. The van der Waals surface area contributed by atoms with E-state index in [2.05, 4.69) is 0 Å². The Morgan fingerprint density at radius 1 is 1.20 bits per heavy atom.